The van der Waals surface area contributed by atoms with E-state index >= 15 is 0 Å². The number of carbonyl (C=O) groups is 1. The molecule has 0 aromatic heterocycles. The molecular formula is C19H25N3O. The highest BCUT2D eigenvalue weighted by Crippen LogP contribution is 2.37. The van der Waals surface area contributed by atoms with Gasteiger partial charge < -0.3 is 5.32 Å². The number of amides is 1. The number of nitriles is 1. The van der Waals surface area contributed by atoms with Gasteiger partial charge in [-0.05, 0) is 31.2 Å². The number of likely N-dealkylation sites (tertiary alicyclic amines) is 1. The molecule has 23 heavy (non-hydrogen) atoms. The molecule has 0 bridgehead atoms. The summed E-state index contributed by atoms with van der Waals surface area (Å²) in [6.45, 7) is 2.97. The van der Waals surface area contributed by atoms with E-state index in [-0.39, 0.29) is 11.9 Å². The molecule has 1 aromatic rings. The van der Waals surface area contributed by atoms with Crippen molar-refractivity contribution in [2.24, 2.45) is 5.41 Å². The van der Waals surface area contributed by atoms with E-state index in [1.807, 2.05) is 6.07 Å². The fourth-order valence-electron chi connectivity index (χ4n) is 3.77. The van der Waals surface area contributed by atoms with Crippen LogP contribution < -0.4 is 5.32 Å². The molecular weight excluding hydrogens is 286 g/mol. The zero-order chi connectivity index (χ0) is 16.1. The third-order valence-corrected chi connectivity index (χ3v) is 5.28. The van der Waals surface area contributed by atoms with Crippen LogP contribution in [0.5, 0.6) is 0 Å². The lowest BCUT2D eigenvalue weighted by molar-refractivity contribution is -0.129. The van der Waals surface area contributed by atoms with Crippen LogP contribution in [0, 0.1) is 16.7 Å². The van der Waals surface area contributed by atoms with Crippen LogP contribution in [0.4, 0.5) is 0 Å². The average Bonchev–Trinajstić information content (AvgIpc) is 3.08. The Balaban J connectivity index is 1.48. The number of carbonyl (C=O) groups excluding carboxylic acids is 1. The van der Waals surface area contributed by atoms with Gasteiger partial charge in [0.05, 0.1) is 6.07 Å². The summed E-state index contributed by atoms with van der Waals surface area (Å²) in [4.78, 5) is 14.9. The third kappa shape index (κ3) is 3.73. The highest BCUT2D eigenvalue weighted by atomic mass is 16.2. The molecule has 1 saturated carbocycles. The normalized spacial score (nSPS) is 21.7. The van der Waals surface area contributed by atoms with Crippen molar-refractivity contribution in [2.45, 2.75) is 51.1 Å². The molecule has 1 aliphatic carbocycles. The molecule has 0 radical (unpaired) electrons. The second kappa shape index (κ2) is 7.14. The van der Waals surface area contributed by atoms with E-state index < -0.39 is 5.41 Å². The number of hydrogen-bond acceptors (Lipinski definition) is 3. The lowest BCUT2D eigenvalue weighted by atomic mass is 9.86. The molecule has 0 spiro atoms. The summed E-state index contributed by atoms with van der Waals surface area (Å²) >= 11 is 0. The standard InChI is InChI=1S/C19H25N3O/c20-15-19(10-4-5-11-19)18(23)21-17-8-12-22(13-9-17)14-16-6-2-1-3-7-16/h1-3,6-7,17H,4-5,8-14H2,(H,21,23). The Morgan fingerprint density at radius 2 is 1.87 bits per heavy atom. The molecule has 1 heterocycles. The topological polar surface area (TPSA) is 56.1 Å². The first-order chi connectivity index (χ1) is 11.2. The second-order valence-electron chi connectivity index (χ2n) is 6.91. The Morgan fingerprint density at radius 3 is 2.48 bits per heavy atom. The van der Waals surface area contributed by atoms with Gasteiger partial charge in [0, 0.05) is 25.7 Å². The van der Waals surface area contributed by atoms with Gasteiger partial charge in [-0.2, -0.15) is 5.26 Å². The number of benzene rings is 1. The van der Waals surface area contributed by atoms with Gasteiger partial charge in [0.15, 0.2) is 0 Å². The van der Waals surface area contributed by atoms with Crippen molar-refractivity contribution in [1.82, 2.24) is 10.2 Å². The molecule has 1 amide bonds. The Labute approximate surface area is 138 Å². The monoisotopic (exact) mass is 311 g/mol. The number of rotatable bonds is 4. The summed E-state index contributed by atoms with van der Waals surface area (Å²) < 4.78 is 0. The summed E-state index contributed by atoms with van der Waals surface area (Å²) in [7, 11) is 0. The van der Waals surface area contributed by atoms with E-state index in [2.05, 4.69) is 40.6 Å². The largest absolute Gasteiger partial charge is 0.352 e. The first kappa shape index (κ1) is 16.0. The zero-order valence-electron chi connectivity index (χ0n) is 13.6. The Bertz CT molecular complexity index is 564. The minimum Gasteiger partial charge on any atom is -0.352 e. The highest BCUT2D eigenvalue weighted by Gasteiger charge is 2.42. The Hall–Kier alpha value is -1.86. The molecule has 4 heteroatoms. The van der Waals surface area contributed by atoms with Crippen molar-refractivity contribution in [3.63, 3.8) is 0 Å². The van der Waals surface area contributed by atoms with E-state index in [0.717, 1.165) is 58.2 Å². The molecule has 0 atom stereocenters. The van der Waals surface area contributed by atoms with E-state index in [0.29, 0.717) is 0 Å². The summed E-state index contributed by atoms with van der Waals surface area (Å²) in [6, 6.07) is 13.0. The fraction of sp³-hybridized carbons (Fsp3) is 0.579. The van der Waals surface area contributed by atoms with Crippen LogP contribution in [0.15, 0.2) is 30.3 Å². The second-order valence-corrected chi connectivity index (χ2v) is 6.91. The van der Waals surface area contributed by atoms with Crippen molar-refractivity contribution >= 4 is 5.91 Å². The van der Waals surface area contributed by atoms with Gasteiger partial charge in [0.2, 0.25) is 5.91 Å². The minimum absolute atomic E-state index is 0.0287. The maximum Gasteiger partial charge on any atom is 0.240 e. The van der Waals surface area contributed by atoms with E-state index in [1.165, 1.54) is 5.56 Å². The van der Waals surface area contributed by atoms with Crippen LogP contribution in [0.1, 0.15) is 44.1 Å². The van der Waals surface area contributed by atoms with Gasteiger partial charge in [-0.25, -0.2) is 0 Å². The molecule has 1 saturated heterocycles. The molecule has 1 aliphatic heterocycles. The molecule has 0 unspecified atom stereocenters. The van der Waals surface area contributed by atoms with Crippen molar-refractivity contribution in [3.8, 4) is 6.07 Å². The molecule has 3 rings (SSSR count). The molecule has 1 N–H and O–H groups in total. The first-order valence-corrected chi connectivity index (χ1v) is 8.70. The first-order valence-electron chi connectivity index (χ1n) is 8.70. The van der Waals surface area contributed by atoms with Crippen LogP contribution in [-0.4, -0.2) is 29.9 Å². The van der Waals surface area contributed by atoms with Crippen molar-refractivity contribution in [1.29, 1.82) is 5.26 Å². The summed E-state index contributed by atoms with van der Waals surface area (Å²) in [6.07, 6.45) is 5.39. The van der Waals surface area contributed by atoms with Gasteiger partial charge in [0.25, 0.3) is 0 Å². The van der Waals surface area contributed by atoms with Crippen LogP contribution in [-0.2, 0) is 11.3 Å². The van der Waals surface area contributed by atoms with Crippen LogP contribution >= 0.6 is 0 Å². The average molecular weight is 311 g/mol. The predicted octanol–water partition coefficient (Wildman–Crippen LogP) is 2.85. The van der Waals surface area contributed by atoms with E-state index in [1.54, 1.807) is 0 Å². The minimum atomic E-state index is -0.749. The maximum absolute atomic E-state index is 12.5. The van der Waals surface area contributed by atoms with Gasteiger partial charge in [-0.3, -0.25) is 9.69 Å². The van der Waals surface area contributed by atoms with Gasteiger partial charge in [0.1, 0.15) is 5.41 Å². The van der Waals surface area contributed by atoms with Crippen molar-refractivity contribution < 1.29 is 4.79 Å². The molecule has 1 aromatic carbocycles. The van der Waals surface area contributed by atoms with Crippen LogP contribution in [0.2, 0.25) is 0 Å². The third-order valence-electron chi connectivity index (χ3n) is 5.28. The number of nitrogens with zero attached hydrogens (tertiary/aromatic N) is 2. The number of piperidine rings is 1. The smallest absolute Gasteiger partial charge is 0.240 e. The lowest BCUT2D eigenvalue weighted by Crippen LogP contribution is -2.48. The molecule has 2 aliphatic rings. The zero-order valence-corrected chi connectivity index (χ0v) is 13.6. The van der Waals surface area contributed by atoms with Gasteiger partial charge in [-0.15, -0.1) is 0 Å². The van der Waals surface area contributed by atoms with Gasteiger partial charge >= 0.3 is 0 Å². The summed E-state index contributed by atoms with van der Waals surface area (Å²) in [5.41, 5.74) is 0.589. The van der Waals surface area contributed by atoms with Crippen molar-refractivity contribution in [2.75, 3.05) is 13.1 Å². The van der Waals surface area contributed by atoms with Crippen LogP contribution in [0.3, 0.4) is 0 Å². The van der Waals surface area contributed by atoms with Gasteiger partial charge in [-0.1, -0.05) is 43.2 Å². The Kier molecular flexibility index (Phi) is 4.97. The molecule has 2 fully saturated rings. The maximum atomic E-state index is 12.5. The quantitative estimate of drug-likeness (QED) is 0.930. The number of nitrogens with one attached hydrogen (secondary N) is 1. The summed E-state index contributed by atoms with van der Waals surface area (Å²) in [5.74, 6) is -0.0287. The SMILES string of the molecule is N#CC1(C(=O)NC2CCN(Cc3ccccc3)CC2)CCCC1. The summed E-state index contributed by atoms with van der Waals surface area (Å²) in [5, 5.41) is 12.6. The highest BCUT2D eigenvalue weighted by molar-refractivity contribution is 5.86. The Morgan fingerprint density at radius 1 is 1.22 bits per heavy atom. The fourth-order valence-corrected chi connectivity index (χ4v) is 3.77. The molecule has 4 nitrogen and oxygen atoms in total. The van der Waals surface area contributed by atoms with E-state index in [9.17, 15) is 10.1 Å². The van der Waals surface area contributed by atoms with E-state index in [4.69, 9.17) is 0 Å². The lowest BCUT2D eigenvalue weighted by Gasteiger charge is -2.33. The number of hydrogen-bond donors (Lipinski definition) is 1. The predicted molar refractivity (Wildman–Crippen MR) is 89.4 cm³/mol. The van der Waals surface area contributed by atoms with Crippen LogP contribution in [0.25, 0.3) is 0 Å². The molecule has 122 valence electrons. The van der Waals surface area contributed by atoms with Crippen molar-refractivity contribution in [3.05, 3.63) is 35.9 Å².